The van der Waals surface area contributed by atoms with Crippen LogP contribution in [0.4, 0.5) is 11.4 Å². The van der Waals surface area contributed by atoms with E-state index in [1.807, 2.05) is 6.07 Å². The summed E-state index contributed by atoms with van der Waals surface area (Å²) < 4.78 is 0. The summed E-state index contributed by atoms with van der Waals surface area (Å²) in [5.74, 6) is -1.09. The van der Waals surface area contributed by atoms with Crippen molar-refractivity contribution < 1.29 is 14.8 Å². The molecule has 21 heavy (non-hydrogen) atoms. The highest BCUT2D eigenvalue weighted by Gasteiger charge is 2.30. The second-order valence-electron chi connectivity index (χ2n) is 5.65. The third-order valence-corrected chi connectivity index (χ3v) is 4.13. The molecule has 1 aliphatic carbocycles. The summed E-state index contributed by atoms with van der Waals surface area (Å²) in [4.78, 5) is 21.9. The van der Waals surface area contributed by atoms with Gasteiger partial charge >= 0.3 is 5.97 Å². The van der Waals surface area contributed by atoms with Gasteiger partial charge in [-0.1, -0.05) is 18.9 Å². The number of aryl methyl sites for hydroxylation is 1. The largest absolute Gasteiger partial charge is 0.481 e. The SMILES string of the molecule is Cc1ccc(NCC2CCCCC2C(=O)O)c([N+](=O)[O-])c1. The van der Waals surface area contributed by atoms with Crippen LogP contribution in [0, 0.1) is 28.9 Å². The van der Waals surface area contributed by atoms with Crippen molar-refractivity contribution in [2.45, 2.75) is 32.6 Å². The number of nitrogens with one attached hydrogen (secondary N) is 1. The van der Waals surface area contributed by atoms with Gasteiger partial charge in [0.2, 0.25) is 0 Å². The van der Waals surface area contributed by atoms with E-state index in [1.54, 1.807) is 13.0 Å². The summed E-state index contributed by atoms with van der Waals surface area (Å²) in [6.45, 7) is 2.26. The molecule has 1 saturated carbocycles. The van der Waals surface area contributed by atoms with Gasteiger partial charge in [0, 0.05) is 12.6 Å². The lowest BCUT2D eigenvalue weighted by Gasteiger charge is -2.28. The zero-order valence-corrected chi connectivity index (χ0v) is 12.0. The zero-order chi connectivity index (χ0) is 15.4. The monoisotopic (exact) mass is 292 g/mol. The second-order valence-corrected chi connectivity index (χ2v) is 5.65. The van der Waals surface area contributed by atoms with Gasteiger partial charge in [0.05, 0.1) is 10.8 Å². The van der Waals surface area contributed by atoms with Crippen LogP contribution >= 0.6 is 0 Å². The molecular weight excluding hydrogens is 272 g/mol. The molecule has 6 nitrogen and oxygen atoms in total. The van der Waals surface area contributed by atoms with Crippen LogP contribution in [0.1, 0.15) is 31.2 Å². The highest BCUT2D eigenvalue weighted by molar-refractivity contribution is 5.70. The number of nitro groups is 1. The summed E-state index contributed by atoms with van der Waals surface area (Å²) in [6.07, 6.45) is 3.51. The van der Waals surface area contributed by atoms with Gasteiger partial charge in [0.15, 0.2) is 0 Å². The number of hydrogen-bond donors (Lipinski definition) is 2. The number of carboxylic acids is 1. The molecule has 0 amide bonds. The fourth-order valence-electron chi connectivity index (χ4n) is 2.96. The molecule has 114 valence electrons. The first-order valence-electron chi connectivity index (χ1n) is 7.20. The Hall–Kier alpha value is -2.11. The summed E-state index contributed by atoms with van der Waals surface area (Å²) >= 11 is 0. The molecule has 2 N–H and O–H groups in total. The Bertz CT molecular complexity index is 544. The lowest BCUT2D eigenvalue weighted by Crippen LogP contribution is -2.31. The number of carbonyl (C=O) groups is 1. The van der Waals surface area contributed by atoms with Crippen LogP contribution in [0.5, 0.6) is 0 Å². The van der Waals surface area contributed by atoms with Gasteiger partial charge in [-0.25, -0.2) is 0 Å². The van der Waals surface area contributed by atoms with Gasteiger partial charge in [-0.05, 0) is 37.3 Å². The number of aliphatic carboxylic acids is 1. The lowest BCUT2D eigenvalue weighted by atomic mass is 9.79. The van der Waals surface area contributed by atoms with E-state index in [0.717, 1.165) is 24.8 Å². The minimum absolute atomic E-state index is 0.0251. The maximum Gasteiger partial charge on any atom is 0.306 e. The summed E-state index contributed by atoms with van der Waals surface area (Å²) in [7, 11) is 0. The lowest BCUT2D eigenvalue weighted by molar-refractivity contribution is -0.384. The molecule has 0 aliphatic heterocycles. The van der Waals surface area contributed by atoms with Crippen molar-refractivity contribution in [1.29, 1.82) is 0 Å². The van der Waals surface area contributed by atoms with E-state index in [0.29, 0.717) is 18.7 Å². The van der Waals surface area contributed by atoms with Crippen LogP contribution in [-0.4, -0.2) is 22.5 Å². The molecule has 0 heterocycles. The van der Waals surface area contributed by atoms with Crippen molar-refractivity contribution in [2.24, 2.45) is 11.8 Å². The van der Waals surface area contributed by atoms with Crippen molar-refractivity contribution >= 4 is 17.3 Å². The number of carboxylic acid groups (broad SMARTS) is 1. The van der Waals surface area contributed by atoms with Crippen LogP contribution in [-0.2, 0) is 4.79 Å². The number of nitro benzene ring substituents is 1. The van der Waals surface area contributed by atoms with Crippen LogP contribution in [0.2, 0.25) is 0 Å². The quantitative estimate of drug-likeness (QED) is 0.642. The molecule has 6 heteroatoms. The van der Waals surface area contributed by atoms with Gasteiger partial charge in [-0.3, -0.25) is 14.9 Å². The first-order valence-corrected chi connectivity index (χ1v) is 7.20. The first-order chi connectivity index (χ1) is 9.99. The summed E-state index contributed by atoms with van der Waals surface area (Å²) in [6, 6.07) is 5.02. The van der Waals surface area contributed by atoms with E-state index in [4.69, 9.17) is 0 Å². The van der Waals surface area contributed by atoms with Crippen LogP contribution < -0.4 is 5.32 Å². The summed E-state index contributed by atoms with van der Waals surface area (Å²) in [5, 5.41) is 23.4. The van der Waals surface area contributed by atoms with Gasteiger partial charge in [-0.15, -0.1) is 0 Å². The fraction of sp³-hybridized carbons (Fsp3) is 0.533. The Labute approximate surface area is 123 Å². The molecule has 2 rings (SSSR count). The van der Waals surface area contributed by atoms with E-state index in [-0.39, 0.29) is 17.5 Å². The topological polar surface area (TPSA) is 92.5 Å². The highest BCUT2D eigenvalue weighted by atomic mass is 16.6. The Kier molecular flexibility index (Phi) is 4.77. The minimum Gasteiger partial charge on any atom is -0.481 e. The van der Waals surface area contributed by atoms with Crippen LogP contribution in [0.25, 0.3) is 0 Å². The molecule has 1 fully saturated rings. The normalized spacial score (nSPS) is 21.8. The van der Waals surface area contributed by atoms with Gasteiger partial charge in [0.1, 0.15) is 5.69 Å². The number of benzene rings is 1. The molecular formula is C15H20N2O4. The molecule has 0 aromatic heterocycles. The first kappa shape index (κ1) is 15.3. The number of hydrogen-bond acceptors (Lipinski definition) is 4. The van der Waals surface area contributed by atoms with E-state index in [9.17, 15) is 20.0 Å². The zero-order valence-electron chi connectivity index (χ0n) is 12.0. The second kappa shape index (κ2) is 6.56. The van der Waals surface area contributed by atoms with Crippen molar-refractivity contribution in [3.05, 3.63) is 33.9 Å². The van der Waals surface area contributed by atoms with Crippen molar-refractivity contribution in [2.75, 3.05) is 11.9 Å². The molecule has 1 aliphatic rings. The molecule has 2 atom stereocenters. The molecule has 2 unspecified atom stereocenters. The molecule has 0 radical (unpaired) electrons. The minimum atomic E-state index is -0.764. The molecule has 0 bridgehead atoms. The number of nitrogens with zero attached hydrogens (tertiary/aromatic N) is 1. The van der Waals surface area contributed by atoms with Crippen LogP contribution in [0.3, 0.4) is 0 Å². The maximum absolute atomic E-state index is 11.3. The van der Waals surface area contributed by atoms with Gasteiger partial charge < -0.3 is 10.4 Å². The van der Waals surface area contributed by atoms with E-state index < -0.39 is 10.9 Å². The number of rotatable bonds is 5. The predicted octanol–water partition coefficient (Wildman–Crippen LogP) is 3.21. The molecule has 0 saturated heterocycles. The van der Waals surface area contributed by atoms with E-state index in [2.05, 4.69) is 5.32 Å². The molecule has 0 spiro atoms. The molecule has 1 aromatic carbocycles. The maximum atomic E-state index is 11.3. The fourth-order valence-corrected chi connectivity index (χ4v) is 2.96. The Balaban J connectivity index is 2.08. The average molecular weight is 292 g/mol. The van der Waals surface area contributed by atoms with Crippen molar-refractivity contribution in [3.63, 3.8) is 0 Å². The Morgan fingerprint density at radius 3 is 2.81 bits per heavy atom. The predicted molar refractivity (Wildman–Crippen MR) is 79.4 cm³/mol. The van der Waals surface area contributed by atoms with Crippen molar-refractivity contribution in [1.82, 2.24) is 0 Å². The number of anilines is 1. The standard InChI is InChI=1S/C15H20N2O4/c1-10-6-7-13(14(8-10)17(20)21)16-9-11-4-2-3-5-12(11)15(18)19/h6-8,11-12,16H,2-5,9H2,1H3,(H,18,19). The molecule has 1 aromatic rings. The Morgan fingerprint density at radius 1 is 1.43 bits per heavy atom. The van der Waals surface area contributed by atoms with Gasteiger partial charge in [-0.2, -0.15) is 0 Å². The van der Waals surface area contributed by atoms with Gasteiger partial charge in [0.25, 0.3) is 5.69 Å². The third kappa shape index (κ3) is 3.71. The highest BCUT2D eigenvalue weighted by Crippen LogP contribution is 2.32. The van der Waals surface area contributed by atoms with Crippen molar-refractivity contribution in [3.8, 4) is 0 Å². The summed E-state index contributed by atoms with van der Waals surface area (Å²) in [5.41, 5.74) is 1.33. The third-order valence-electron chi connectivity index (χ3n) is 4.13. The average Bonchev–Trinajstić information content (AvgIpc) is 2.46. The van der Waals surface area contributed by atoms with Crippen LogP contribution in [0.15, 0.2) is 18.2 Å². The Morgan fingerprint density at radius 2 is 2.14 bits per heavy atom. The van der Waals surface area contributed by atoms with E-state index >= 15 is 0 Å². The smallest absolute Gasteiger partial charge is 0.306 e. The van der Waals surface area contributed by atoms with E-state index in [1.165, 1.54) is 6.07 Å².